The monoisotopic (exact) mass is 462 g/mol. The van der Waals surface area contributed by atoms with Crippen LogP contribution in [0.2, 0.25) is 0 Å². The zero-order chi connectivity index (χ0) is 24.4. The zero-order valence-electron chi connectivity index (χ0n) is 18.1. The molecule has 1 saturated heterocycles. The number of non-ortho nitro benzene ring substituents is 1. The van der Waals surface area contributed by atoms with Gasteiger partial charge in [0.25, 0.3) is 11.6 Å². The third-order valence-corrected chi connectivity index (χ3v) is 5.58. The van der Waals surface area contributed by atoms with Gasteiger partial charge in [0.1, 0.15) is 28.6 Å². The molecule has 11 heteroatoms. The molecule has 4 rings (SSSR count). The first-order valence-corrected chi connectivity index (χ1v) is 10.4. The average molecular weight is 462 g/mol. The first kappa shape index (κ1) is 22.5. The van der Waals surface area contributed by atoms with Crippen molar-refractivity contribution in [1.82, 2.24) is 14.7 Å². The van der Waals surface area contributed by atoms with Crippen LogP contribution in [0.25, 0.3) is 11.3 Å². The maximum Gasteiger partial charge on any atom is 0.273 e. The van der Waals surface area contributed by atoms with Gasteiger partial charge in [-0.25, -0.2) is 4.68 Å². The molecule has 0 saturated carbocycles. The Morgan fingerprint density at radius 2 is 1.94 bits per heavy atom. The van der Waals surface area contributed by atoms with Gasteiger partial charge in [0.2, 0.25) is 5.91 Å². The largest absolute Gasteiger partial charge is 0.457 e. The van der Waals surface area contributed by atoms with E-state index in [1.165, 1.54) is 24.3 Å². The number of benzene rings is 2. The molecule has 0 aliphatic carbocycles. The summed E-state index contributed by atoms with van der Waals surface area (Å²) in [6.07, 6.45) is 1.88. The number of hydrogen-bond acceptors (Lipinski definition) is 7. The van der Waals surface area contributed by atoms with Crippen molar-refractivity contribution in [2.45, 2.75) is 12.5 Å². The predicted molar refractivity (Wildman–Crippen MR) is 124 cm³/mol. The van der Waals surface area contributed by atoms with Crippen molar-refractivity contribution in [1.29, 1.82) is 0 Å². The van der Waals surface area contributed by atoms with Crippen LogP contribution in [0.3, 0.4) is 0 Å². The van der Waals surface area contributed by atoms with Gasteiger partial charge in [-0.05, 0) is 42.8 Å². The summed E-state index contributed by atoms with van der Waals surface area (Å²) in [6.45, 7) is 4.43. The summed E-state index contributed by atoms with van der Waals surface area (Å²) < 4.78 is 7.24. The van der Waals surface area contributed by atoms with E-state index in [2.05, 4.69) is 11.7 Å². The molecule has 1 aromatic heterocycles. The van der Waals surface area contributed by atoms with Gasteiger partial charge in [-0.1, -0.05) is 12.6 Å². The number of nitro groups is 1. The highest BCUT2D eigenvalue weighted by atomic mass is 16.6. The number of rotatable bonds is 7. The lowest BCUT2D eigenvalue weighted by molar-refractivity contribution is -0.384. The van der Waals surface area contributed by atoms with Crippen LogP contribution in [0.1, 0.15) is 22.8 Å². The Morgan fingerprint density at radius 1 is 1.21 bits per heavy atom. The fraction of sp³-hybridized carbons (Fsp3) is 0.174. The number of ether oxygens (including phenoxy) is 1. The normalized spacial score (nSPS) is 15.2. The number of nitrogen functional groups attached to an aromatic ring is 1. The van der Waals surface area contributed by atoms with E-state index in [1.54, 1.807) is 39.9 Å². The highest BCUT2D eigenvalue weighted by Crippen LogP contribution is 2.33. The SMILES string of the molecule is C=CC(=O)N1CC[C@@H](n2nc(-c3ccc(Oc4cccc([N+](=O)[O-])c4)cc3)c(C(N)=O)c2N)C1. The molecule has 2 amide bonds. The number of nitrogens with zero attached hydrogens (tertiary/aromatic N) is 4. The number of primary amides is 1. The van der Waals surface area contributed by atoms with Crippen LogP contribution >= 0.6 is 0 Å². The first-order valence-electron chi connectivity index (χ1n) is 10.4. The van der Waals surface area contributed by atoms with Crippen molar-refractivity contribution in [2.24, 2.45) is 5.73 Å². The molecule has 3 aromatic rings. The molecular weight excluding hydrogens is 440 g/mol. The third kappa shape index (κ3) is 4.31. The quantitative estimate of drug-likeness (QED) is 0.310. The Morgan fingerprint density at radius 3 is 2.59 bits per heavy atom. The van der Waals surface area contributed by atoms with E-state index in [4.69, 9.17) is 16.2 Å². The highest BCUT2D eigenvalue weighted by Gasteiger charge is 2.31. The van der Waals surface area contributed by atoms with E-state index in [0.717, 1.165) is 0 Å². The lowest BCUT2D eigenvalue weighted by Gasteiger charge is -2.15. The molecule has 2 heterocycles. The fourth-order valence-corrected chi connectivity index (χ4v) is 3.92. The molecule has 34 heavy (non-hydrogen) atoms. The van der Waals surface area contributed by atoms with Gasteiger partial charge in [-0.3, -0.25) is 19.7 Å². The van der Waals surface area contributed by atoms with Crippen LogP contribution in [0.5, 0.6) is 11.5 Å². The van der Waals surface area contributed by atoms with Crippen LogP contribution in [0, 0.1) is 10.1 Å². The maximum absolute atomic E-state index is 12.2. The Balaban J connectivity index is 1.60. The van der Waals surface area contributed by atoms with Gasteiger partial charge in [0, 0.05) is 24.7 Å². The van der Waals surface area contributed by atoms with Crippen LogP contribution in [0.15, 0.2) is 61.2 Å². The molecule has 174 valence electrons. The lowest BCUT2D eigenvalue weighted by Crippen LogP contribution is -2.27. The van der Waals surface area contributed by atoms with Gasteiger partial charge in [-0.2, -0.15) is 5.10 Å². The number of hydrogen-bond donors (Lipinski definition) is 2. The number of nitrogens with two attached hydrogens (primary N) is 2. The molecule has 2 aromatic carbocycles. The van der Waals surface area contributed by atoms with Crippen molar-refractivity contribution in [3.8, 4) is 22.8 Å². The number of carbonyl (C=O) groups is 2. The van der Waals surface area contributed by atoms with Gasteiger partial charge in [0.05, 0.1) is 17.0 Å². The summed E-state index contributed by atoms with van der Waals surface area (Å²) in [5.74, 6) is -0.00673. The Bertz CT molecular complexity index is 1280. The molecule has 0 radical (unpaired) electrons. The van der Waals surface area contributed by atoms with E-state index < -0.39 is 10.8 Å². The van der Waals surface area contributed by atoms with E-state index in [-0.39, 0.29) is 29.0 Å². The molecule has 1 aliphatic heterocycles. The van der Waals surface area contributed by atoms with Gasteiger partial charge in [-0.15, -0.1) is 0 Å². The summed E-state index contributed by atoms with van der Waals surface area (Å²) in [6, 6.07) is 12.3. The minimum atomic E-state index is -0.715. The summed E-state index contributed by atoms with van der Waals surface area (Å²) in [5, 5.41) is 15.5. The highest BCUT2D eigenvalue weighted by molar-refractivity contribution is 6.03. The maximum atomic E-state index is 12.2. The summed E-state index contributed by atoms with van der Waals surface area (Å²) >= 11 is 0. The number of likely N-dealkylation sites (tertiary alicyclic amines) is 1. The van der Waals surface area contributed by atoms with E-state index in [0.29, 0.717) is 42.3 Å². The smallest absolute Gasteiger partial charge is 0.273 e. The summed E-state index contributed by atoms with van der Waals surface area (Å²) in [7, 11) is 0. The lowest BCUT2D eigenvalue weighted by atomic mass is 10.1. The van der Waals surface area contributed by atoms with Crippen LogP contribution in [-0.4, -0.2) is 44.5 Å². The molecule has 11 nitrogen and oxygen atoms in total. The number of carbonyl (C=O) groups excluding carboxylic acids is 2. The van der Waals surface area contributed by atoms with Crippen molar-refractivity contribution in [3.05, 3.63) is 76.9 Å². The topological polar surface area (TPSA) is 160 Å². The fourth-order valence-electron chi connectivity index (χ4n) is 3.92. The molecule has 1 fully saturated rings. The standard InChI is InChI=1S/C23H22N6O5/c1-2-19(30)27-11-10-16(13-27)28-22(24)20(23(25)31)21(26-28)14-6-8-17(9-7-14)34-18-5-3-4-15(12-18)29(32)33/h2-9,12,16H,1,10-11,13,24H2,(H2,25,31)/t16-/m1/s1. The molecule has 1 aliphatic rings. The second kappa shape index (κ2) is 9.06. The van der Waals surface area contributed by atoms with Crippen molar-refractivity contribution in [3.63, 3.8) is 0 Å². The number of aromatic nitrogens is 2. The molecule has 0 spiro atoms. The Hall–Kier alpha value is -4.67. The number of amides is 2. The average Bonchev–Trinajstić information content (AvgIpc) is 3.44. The van der Waals surface area contributed by atoms with Crippen molar-refractivity contribution in [2.75, 3.05) is 18.8 Å². The zero-order valence-corrected chi connectivity index (χ0v) is 18.1. The molecule has 1 atom stereocenters. The van der Waals surface area contributed by atoms with Crippen molar-refractivity contribution >= 4 is 23.3 Å². The van der Waals surface area contributed by atoms with E-state index >= 15 is 0 Å². The summed E-state index contributed by atoms with van der Waals surface area (Å²) in [5.41, 5.74) is 12.8. The van der Waals surface area contributed by atoms with Gasteiger partial charge >= 0.3 is 0 Å². The van der Waals surface area contributed by atoms with Gasteiger partial charge in [0.15, 0.2) is 0 Å². The van der Waals surface area contributed by atoms with Crippen LogP contribution in [0.4, 0.5) is 11.5 Å². The second-order valence-corrected chi connectivity index (χ2v) is 7.73. The Labute approximate surface area is 194 Å². The van der Waals surface area contributed by atoms with E-state index in [1.807, 2.05) is 0 Å². The minimum Gasteiger partial charge on any atom is -0.457 e. The van der Waals surface area contributed by atoms with Crippen molar-refractivity contribution < 1.29 is 19.2 Å². The molecule has 4 N–H and O–H groups in total. The first-order chi connectivity index (χ1) is 16.3. The number of anilines is 1. The molecule has 0 bridgehead atoms. The van der Waals surface area contributed by atoms with Crippen LogP contribution < -0.4 is 16.2 Å². The molecule has 0 unspecified atom stereocenters. The van der Waals surface area contributed by atoms with E-state index in [9.17, 15) is 19.7 Å². The second-order valence-electron chi connectivity index (χ2n) is 7.73. The third-order valence-electron chi connectivity index (χ3n) is 5.58. The minimum absolute atomic E-state index is 0.0819. The van der Waals surface area contributed by atoms with Gasteiger partial charge < -0.3 is 21.1 Å². The van der Waals surface area contributed by atoms with Crippen LogP contribution in [-0.2, 0) is 4.79 Å². The number of nitro benzene ring substituents is 1. The molecular formula is C23H22N6O5. The Kier molecular flexibility index (Phi) is 6.00. The predicted octanol–water partition coefficient (Wildman–Crippen LogP) is 2.89. The summed E-state index contributed by atoms with van der Waals surface area (Å²) in [4.78, 5) is 36.2.